The van der Waals surface area contributed by atoms with Gasteiger partial charge in [-0.05, 0) is 51.3 Å². The van der Waals surface area contributed by atoms with Crippen LogP contribution in [-0.2, 0) is 19.4 Å². The molecule has 2 amide bonds. The number of piperidine rings is 1. The predicted molar refractivity (Wildman–Crippen MR) is 113 cm³/mol. The van der Waals surface area contributed by atoms with Crippen molar-refractivity contribution < 1.29 is 22.7 Å². The molecule has 8 nitrogen and oxygen atoms in total. The van der Waals surface area contributed by atoms with Gasteiger partial charge in [-0.15, -0.1) is 0 Å². The summed E-state index contributed by atoms with van der Waals surface area (Å²) < 4.78 is 28.9. The van der Waals surface area contributed by atoms with E-state index in [2.05, 4.69) is 5.32 Å². The third-order valence-corrected chi connectivity index (χ3v) is 6.89. The van der Waals surface area contributed by atoms with E-state index >= 15 is 0 Å². The quantitative estimate of drug-likeness (QED) is 0.780. The van der Waals surface area contributed by atoms with Crippen molar-refractivity contribution in [2.45, 2.75) is 75.8 Å². The molecule has 2 fully saturated rings. The first-order chi connectivity index (χ1) is 14.0. The fourth-order valence-corrected chi connectivity index (χ4v) is 5.14. The highest BCUT2D eigenvalue weighted by atomic mass is 32.2. The lowest BCUT2D eigenvalue weighted by Crippen LogP contribution is -2.71. The number of benzene rings is 1. The molecule has 4 atom stereocenters. The molecule has 0 radical (unpaired) electrons. The van der Waals surface area contributed by atoms with Gasteiger partial charge < -0.3 is 9.64 Å². The van der Waals surface area contributed by atoms with Crippen molar-refractivity contribution in [2.24, 2.45) is 0 Å². The lowest BCUT2D eigenvalue weighted by Gasteiger charge is -2.53. The number of nitrogens with one attached hydrogen (secondary N) is 1. The Balaban J connectivity index is 1.87. The number of carbonyl (C=O) groups is 2. The standard InChI is InChI=1S/C21H31N3O5S/c1-13(2)29-21(26)23-12-14(3)24(15(4)25)19-11-10-18(22-20(19)23)16-6-8-17(9-7-16)30(5,27)28/h6-9,13-14,18-20,22H,10-12H2,1-5H3/t14-,18?,19?,20?/m0/s1. The molecule has 3 rings (SSSR count). The fourth-order valence-electron chi connectivity index (χ4n) is 4.51. The van der Waals surface area contributed by atoms with Gasteiger partial charge in [0.1, 0.15) is 6.17 Å². The maximum atomic E-state index is 12.8. The molecular formula is C21H31N3O5S. The first kappa shape index (κ1) is 22.6. The molecule has 30 heavy (non-hydrogen) atoms. The Morgan fingerprint density at radius 3 is 2.33 bits per heavy atom. The summed E-state index contributed by atoms with van der Waals surface area (Å²) in [5, 5.41) is 3.52. The maximum absolute atomic E-state index is 12.8. The Bertz CT molecular complexity index is 900. The zero-order chi connectivity index (χ0) is 22.2. The average Bonchev–Trinajstić information content (AvgIpc) is 2.65. The molecule has 2 saturated heterocycles. The third-order valence-electron chi connectivity index (χ3n) is 5.76. The summed E-state index contributed by atoms with van der Waals surface area (Å²) in [6.07, 6.45) is 1.68. The van der Waals surface area contributed by atoms with Crippen LogP contribution < -0.4 is 5.32 Å². The molecule has 1 N–H and O–H groups in total. The summed E-state index contributed by atoms with van der Waals surface area (Å²) in [5.41, 5.74) is 0.950. The molecule has 0 aliphatic carbocycles. The van der Waals surface area contributed by atoms with Crippen LogP contribution in [0.15, 0.2) is 29.2 Å². The molecule has 166 valence electrons. The summed E-state index contributed by atoms with van der Waals surface area (Å²) >= 11 is 0. The van der Waals surface area contributed by atoms with Crippen molar-refractivity contribution in [1.82, 2.24) is 15.1 Å². The summed E-state index contributed by atoms with van der Waals surface area (Å²) in [4.78, 5) is 28.9. The smallest absolute Gasteiger partial charge is 0.411 e. The molecule has 0 saturated carbocycles. The van der Waals surface area contributed by atoms with E-state index in [4.69, 9.17) is 4.74 Å². The summed E-state index contributed by atoms with van der Waals surface area (Å²) in [7, 11) is -3.26. The van der Waals surface area contributed by atoms with Crippen molar-refractivity contribution in [2.75, 3.05) is 12.8 Å². The highest BCUT2D eigenvalue weighted by Crippen LogP contribution is 2.34. The Hall–Kier alpha value is -2.13. The van der Waals surface area contributed by atoms with Crippen molar-refractivity contribution >= 4 is 21.8 Å². The molecule has 2 aliphatic rings. The van der Waals surface area contributed by atoms with Crippen molar-refractivity contribution in [1.29, 1.82) is 0 Å². The zero-order valence-corrected chi connectivity index (χ0v) is 19.0. The normalized spacial score (nSPS) is 27.0. The molecular weight excluding hydrogens is 406 g/mol. The molecule has 0 bridgehead atoms. The number of nitrogens with zero attached hydrogens (tertiary/aromatic N) is 2. The van der Waals surface area contributed by atoms with E-state index in [9.17, 15) is 18.0 Å². The Morgan fingerprint density at radius 2 is 1.80 bits per heavy atom. The maximum Gasteiger partial charge on any atom is 0.411 e. The molecule has 0 aromatic heterocycles. The van der Waals surface area contributed by atoms with Gasteiger partial charge in [0.15, 0.2) is 9.84 Å². The number of rotatable bonds is 3. The van der Waals surface area contributed by atoms with Gasteiger partial charge in [-0.3, -0.25) is 15.0 Å². The highest BCUT2D eigenvalue weighted by Gasteiger charge is 2.47. The fraction of sp³-hybridized carbons (Fsp3) is 0.619. The van der Waals surface area contributed by atoms with Crippen LogP contribution >= 0.6 is 0 Å². The van der Waals surface area contributed by atoms with E-state index in [1.165, 1.54) is 6.26 Å². The van der Waals surface area contributed by atoms with E-state index in [-0.39, 0.29) is 41.2 Å². The van der Waals surface area contributed by atoms with Crippen LogP contribution in [0.3, 0.4) is 0 Å². The Morgan fingerprint density at radius 1 is 1.17 bits per heavy atom. The van der Waals surface area contributed by atoms with E-state index < -0.39 is 15.9 Å². The molecule has 0 spiro atoms. The lowest BCUT2D eigenvalue weighted by molar-refractivity contribution is -0.143. The van der Waals surface area contributed by atoms with Gasteiger partial charge >= 0.3 is 6.09 Å². The minimum Gasteiger partial charge on any atom is -0.447 e. The van der Waals surface area contributed by atoms with Gasteiger partial charge in [-0.2, -0.15) is 0 Å². The second-order valence-electron chi connectivity index (χ2n) is 8.51. The Kier molecular flexibility index (Phi) is 6.43. The second-order valence-corrected chi connectivity index (χ2v) is 10.5. The first-order valence-corrected chi connectivity index (χ1v) is 12.2. The second kappa shape index (κ2) is 8.55. The van der Waals surface area contributed by atoms with Crippen LogP contribution in [0.25, 0.3) is 0 Å². The summed E-state index contributed by atoms with van der Waals surface area (Å²) in [6, 6.07) is 6.52. The zero-order valence-electron chi connectivity index (χ0n) is 18.2. The summed E-state index contributed by atoms with van der Waals surface area (Å²) in [6.45, 7) is 7.52. The van der Waals surface area contributed by atoms with Crippen LogP contribution in [0.4, 0.5) is 4.79 Å². The molecule has 3 unspecified atom stereocenters. The topological polar surface area (TPSA) is 96.0 Å². The average molecular weight is 438 g/mol. The number of hydrogen-bond donors (Lipinski definition) is 1. The SMILES string of the molecule is CC(=O)N1C2CCC(c3ccc(S(C)(=O)=O)cc3)NC2N(C(=O)OC(C)C)C[C@@H]1C. The van der Waals surface area contributed by atoms with Crippen molar-refractivity contribution in [3.63, 3.8) is 0 Å². The largest absolute Gasteiger partial charge is 0.447 e. The van der Waals surface area contributed by atoms with Crippen LogP contribution in [-0.4, -0.2) is 67.4 Å². The van der Waals surface area contributed by atoms with Gasteiger partial charge in [0, 0.05) is 31.8 Å². The van der Waals surface area contributed by atoms with Crippen molar-refractivity contribution in [3.05, 3.63) is 29.8 Å². The van der Waals surface area contributed by atoms with Gasteiger partial charge in [0.25, 0.3) is 0 Å². The van der Waals surface area contributed by atoms with Gasteiger partial charge in [0.2, 0.25) is 5.91 Å². The minimum atomic E-state index is -3.26. The molecule has 1 aromatic rings. The van der Waals surface area contributed by atoms with E-state index in [0.29, 0.717) is 6.54 Å². The monoisotopic (exact) mass is 437 g/mol. The number of amides is 2. The molecule has 9 heteroatoms. The molecule has 1 aromatic carbocycles. The minimum absolute atomic E-state index is 0.00728. The number of fused-ring (bicyclic) bond motifs is 1. The van der Waals surface area contributed by atoms with Crippen LogP contribution in [0.1, 0.15) is 52.1 Å². The first-order valence-electron chi connectivity index (χ1n) is 10.3. The van der Waals surface area contributed by atoms with Crippen molar-refractivity contribution in [3.8, 4) is 0 Å². The number of carbonyl (C=O) groups excluding carboxylic acids is 2. The van der Waals surface area contributed by atoms with Crippen LogP contribution in [0, 0.1) is 0 Å². The molecule has 2 heterocycles. The van der Waals surface area contributed by atoms with E-state index in [1.54, 1.807) is 36.1 Å². The van der Waals surface area contributed by atoms with E-state index in [1.807, 2.05) is 25.7 Å². The number of piperazine rings is 1. The van der Waals surface area contributed by atoms with E-state index in [0.717, 1.165) is 18.4 Å². The van der Waals surface area contributed by atoms with Gasteiger partial charge in [-0.25, -0.2) is 13.2 Å². The van der Waals surface area contributed by atoms with Crippen LogP contribution in [0.2, 0.25) is 0 Å². The number of sulfone groups is 1. The number of hydrogen-bond acceptors (Lipinski definition) is 6. The summed E-state index contributed by atoms with van der Waals surface area (Å²) in [5.74, 6) is -0.00728. The Labute approximate surface area is 178 Å². The number of ether oxygens (including phenoxy) is 1. The lowest BCUT2D eigenvalue weighted by atomic mass is 9.89. The predicted octanol–water partition coefficient (Wildman–Crippen LogP) is 2.31. The third kappa shape index (κ3) is 4.62. The molecule has 2 aliphatic heterocycles. The highest BCUT2D eigenvalue weighted by molar-refractivity contribution is 7.90. The van der Waals surface area contributed by atoms with Crippen LogP contribution in [0.5, 0.6) is 0 Å². The van der Waals surface area contributed by atoms with Gasteiger partial charge in [0.05, 0.1) is 17.0 Å². The van der Waals surface area contributed by atoms with Gasteiger partial charge in [-0.1, -0.05) is 12.1 Å².